The summed E-state index contributed by atoms with van der Waals surface area (Å²) >= 11 is 25.9. The first-order valence-electron chi connectivity index (χ1n) is 34.3. The second kappa shape index (κ2) is 90.5. The molecule has 0 spiro atoms. The molecule has 0 unspecified atom stereocenters. The minimum Gasteiger partial charge on any atom is -1.00 e. The number of rotatable bonds is 21. The predicted octanol–water partition coefficient (Wildman–Crippen LogP) is 10.8. The molecule has 0 aromatic heterocycles. The molecule has 4 N–H and O–H groups in total. The normalized spacial score (nSPS) is 9.23. The maximum atomic E-state index is 13.1. The van der Waals surface area contributed by atoms with Gasteiger partial charge in [0.2, 0.25) is 0 Å². The van der Waals surface area contributed by atoms with E-state index in [1.165, 1.54) is 56.2 Å². The van der Waals surface area contributed by atoms with Crippen LogP contribution in [0.4, 0.5) is 39.5 Å². The molecule has 723 valence electrons. The number of carbonyl (C=O) groups is 4. The van der Waals surface area contributed by atoms with Gasteiger partial charge in [-0.05, 0) is 183 Å². The fourth-order valence-electron chi connectivity index (χ4n) is 9.20. The van der Waals surface area contributed by atoms with Crippen molar-refractivity contribution in [2.75, 3.05) is 42.7 Å². The van der Waals surface area contributed by atoms with Crippen molar-refractivity contribution < 1.29 is 342 Å². The number of aryl methyl sites for hydroxylation is 4. The summed E-state index contributed by atoms with van der Waals surface area (Å²) in [5.41, 5.74) is 9.36. The number of benzene rings is 10. The van der Waals surface area contributed by atoms with Gasteiger partial charge in [0.25, 0.3) is 6.47 Å². The number of carboxylic acid groups (broad SMARTS) is 1. The summed E-state index contributed by atoms with van der Waals surface area (Å²) in [7, 11) is 8.97. The number of aliphatic hydroxyl groups is 2. The van der Waals surface area contributed by atoms with Crippen molar-refractivity contribution >= 4 is 149 Å². The first kappa shape index (κ1) is 159. The number of aromatic hydroxyl groups is 2. The van der Waals surface area contributed by atoms with Gasteiger partial charge in [-0.3, -0.25) is 14.4 Å². The maximum Gasteiger partial charge on any atom is 1.00 e. The zero-order valence-electron chi connectivity index (χ0n) is 74.7. The van der Waals surface area contributed by atoms with Gasteiger partial charge in [0.1, 0.15) is 29.0 Å². The van der Waals surface area contributed by atoms with Gasteiger partial charge in [-0.25, -0.2) is 0 Å². The summed E-state index contributed by atoms with van der Waals surface area (Å²) in [6, 6.07) is 58.3. The minimum atomic E-state index is -5.19. The molecule has 0 saturated carbocycles. The number of halogens is 16. The molecule has 0 amide bonds. The third-order valence-electron chi connectivity index (χ3n) is 15.2. The topological polar surface area (TPSA) is 278 Å². The third kappa shape index (κ3) is 65.4. The van der Waals surface area contributed by atoms with Crippen molar-refractivity contribution in [3.63, 3.8) is 0 Å². The maximum absolute atomic E-state index is 13.1. The Hall–Kier alpha value is -1.48. The zero-order valence-corrected chi connectivity index (χ0v) is 96.6. The van der Waals surface area contributed by atoms with Crippen molar-refractivity contribution in [1.82, 2.24) is 0 Å². The Morgan fingerprint density at radius 3 is 0.955 bits per heavy atom. The number of hydrogen-bond acceptors (Lipinski definition) is 19. The molecular weight excluding hydrogens is 2400 g/mol. The van der Waals surface area contributed by atoms with Gasteiger partial charge in [0.05, 0.1) is 93.4 Å². The quantitative estimate of drug-likeness (QED) is 0.00989. The number of aldehydes is 2. The smallest absolute Gasteiger partial charge is 1.00 e. The molecule has 133 heavy (non-hydrogen) atoms. The van der Waals surface area contributed by atoms with Gasteiger partial charge in [0, 0.05) is 49.5 Å². The van der Waals surface area contributed by atoms with E-state index in [1.807, 2.05) is 130 Å². The van der Waals surface area contributed by atoms with E-state index in [9.17, 15) is 54.2 Å². The van der Waals surface area contributed by atoms with Gasteiger partial charge < -0.3 is 82.6 Å². The van der Waals surface area contributed by atoms with Crippen LogP contribution >= 0.6 is 116 Å². The van der Waals surface area contributed by atoms with Crippen LogP contribution in [0.3, 0.4) is 0 Å². The summed E-state index contributed by atoms with van der Waals surface area (Å²) in [5, 5.41) is 55.2. The SMILES string of the molecule is BrCc1ccccc1.BrCc1ccccc1.C.C.C.C.C.C.COc1cc(C=O)c(Br)cc1C.COc1cc(C=O)c(Br)cc1O.COc1cc(CO)c(Br)cc1C.COc1cc(CO)c(C(F)(F)F)cc1O.COc1cc(COCc2ccccc2)c(Br)cc1C.COc1cc(COCc2ccccc2)c(C(F)(F)F)cc1C.O=C([O-])C(F)(F)F.O=CO[O-].[B].[Cu][I].[H-].[H-].[H-].[HH].[K+].[K+].[Na+].[Na+].[Na+]. The molecule has 10 rings (SSSR count). The molecule has 10 aromatic rings. The van der Waals surface area contributed by atoms with Gasteiger partial charge in [0.15, 0.2) is 35.6 Å². The summed E-state index contributed by atoms with van der Waals surface area (Å²) in [6.45, 7) is 7.89. The summed E-state index contributed by atoms with van der Waals surface area (Å²) in [6.07, 6.45) is -12.7. The van der Waals surface area contributed by atoms with Crippen LogP contribution in [-0.4, -0.2) is 103 Å². The molecule has 0 bridgehead atoms. The molecule has 0 saturated heterocycles. The van der Waals surface area contributed by atoms with Gasteiger partial charge in [-0.15, -0.1) is 0 Å². The standard InChI is InChI=1S/C17H17F3O2.C16H17BrO2.C9H11BrO2.C9H9BrO2.C9H9F3O3.C8H7BrO3.2C7H7Br.C2HF3O2.CH2O3.6CH4.B.Cu.HI.2K.3Na.H2.3H/c1-12-8-15(17(18,19)20)14(9-16(12)21-2)11-22-10-13-6-4-3-5-7-13;1-12-8-15(17)14(9-16(12)18-2)11-19-10-13-6-4-3-5-7-13;2*1-6-3-8(10)7(5-11)4-9(6)12-2;1-15-8-2-5(4-13)6(3-7(8)14)9(10,11)12;1-12-8-2-5(4-10)6(9)3-7(8)11;2*8-6-7-4-2-1-3-5-7;3-2(4,5)1(6)7;2-1-4-3;;;;;;;;;;;;;;;;;;/h3-9H,10-11H2,1-2H3;3-9H,10-11H2,1-2H3;3-4,11H,5H2,1-2H3;3-5H,1-2H3;2-3,13-14H,4H2,1H3;2-4,11H,1H3;2*1-5H,6H2;(H,6,7);1,3H;6*1H4;;;1H;;;;;;1H;;;/q;;;;;;;;;;;;;;;;;+1;;5*+1;;3*-1/p-3. The number of methoxy groups -OCH3 is 6. The van der Waals surface area contributed by atoms with Crippen molar-refractivity contribution in [2.45, 2.75) is 141 Å². The molecule has 0 aliphatic rings. The van der Waals surface area contributed by atoms with Gasteiger partial charge in [-0.1, -0.05) is 246 Å². The fraction of sp³-hybridized carbons (Fsp3) is 0.297. The Kier molecular flexibility index (Phi) is 109. The number of ether oxygens (including phenoxy) is 8. The summed E-state index contributed by atoms with van der Waals surface area (Å²) in [5.74, 6) is -0.563. The van der Waals surface area contributed by atoms with E-state index in [0.29, 0.717) is 58.2 Å². The number of carboxylic acids is 1. The molecule has 0 aliphatic heterocycles. The molecule has 3 radical (unpaired) electrons. The number of alkyl halides is 11. The van der Waals surface area contributed by atoms with Crippen LogP contribution in [0.25, 0.3) is 0 Å². The zero-order chi connectivity index (χ0) is 92.0. The fourth-order valence-corrected chi connectivity index (χ4v) is 12.1. The van der Waals surface area contributed by atoms with E-state index in [0.717, 1.165) is 93.1 Å². The average molecular weight is 2510 g/mol. The number of hydrogen-bond donors (Lipinski definition) is 4. The number of phenols is 2. The van der Waals surface area contributed by atoms with Crippen molar-refractivity contribution in [2.24, 2.45) is 0 Å². The Morgan fingerprint density at radius 2 is 0.662 bits per heavy atom. The molecule has 10 aromatic carbocycles. The van der Waals surface area contributed by atoms with Crippen LogP contribution in [0, 0.1) is 27.7 Å². The molecule has 0 heterocycles. The van der Waals surface area contributed by atoms with Crippen LogP contribution in [0.2, 0.25) is 0 Å². The van der Waals surface area contributed by atoms with Crippen molar-refractivity contribution in [3.8, 4) is 46.0 Å². The Morgan fingerprint density at radius 1 is 0.414 bits per heavy atom. The summed E-state index contributed by atoms with van der Waals surface area (Å²) in [4.78, 5) is 41.0. The second-order valence-electron chi connectivity index (χ2n) is 23.6. The first-order chi connectivity index (χ1) is 57.3. The van der Waals surface area contributed by atoms with Gasteiger partial charge >= 0.3 is 243 Å². The van der Waals surface area contributed by atoms with Crippen LogP contribution in [0.5, 0.6) is 46.0 Å². The van der Waals surface area contributed by atoms with Crippen molar-refractivity contribution in [1.29, 1.82) is 0 Å². The van der Waals surface area contributed by atoms with E-state index >= 15 is 0 Å². The molecular formula is C91H114BBr6CuF9IK2Na3O19. The predicted molar refractivity (Wildman–Crippen MR) is 516 cm³/mol. The Labute approximate surface area is 1010 Å². The molecule has 0 aliphatic carbocycles. The molecule has 19 nitrogen and oxygen atoms in total. The van der Waals surface area contributed by atoms with Crippen molar-refractivity contribution in [3.05, 3.63) is 301 Å². The van der Waals surface area contributed by atoms with Crippen LogP contribution in [0.1, 0.15) is 149 Å². The third-order valence-corrected chi connectivity index (χ3v) is 19.3. The first-order valence-corrected chi connectivity index (χ1v) is 42.7. The molecule has 0 atom stereocenters. The number of aliphatic carboxylic acids is 1. The molecule has 42 heteroatoms. The van der Waals surface area contributed by atoms with E-state index in [4.69, 9.17) is 68.4 Å². The van der Waals surface area contributed by atoms with Crippen LogP contribution < -0.4 is 230 Å². The van der Waals surface area contributed by atoms with Gasteiger partial charge in [-0.2, -0.15) is 39.5 Å². The number of aliphatic hydroxyl groups excluding tert-OH is 2. The largest absolute Gasteiger partial charge is 1.00 e. The minimum absolute atomic E-state index is 0. The Balaban J connectivity index is -0.0000000784. The van der Waals surface area contributed by atoms with E-state index < -0.39 is 48.0 Å². The van der Waals surface area contributed by atoms with E-state index in [2.05, 4.69) is 160 Å². The Bertz CT molecular complexity index is 4610. The number of phenolic OH excluding ortho intramolecular Hbond substituents is 2. The van der Waals surface area contributed by atoms with Crippen LogP contribution in [-0.2, 0) is 99.4 Å². The average Bonchev–Trinajstić information content (AvgIpc) is 0.822. The van der Waals surface area contributed by atoms with E-state index in [-0.39, 0.29) is 299 Å². The monoisotopic (exact) mass is 2500 g/mol. The number of carbonyl (C=O) groups excluding carboxylic acids is 4. The second-order valence-corrected chi connectivity index (χ2v) is 28.1. The summed E-state index contributed by atoms with van der Waals surface area (Å²) < 4.78 is 153. The van der Waals surface area contributed by atoms with E-state index in [1.54, 1.807) is 54.7 Å². The van der Waals surface area contributed by atoms with Crippen LogP contribution in [0.15, 0.2) is 212 Å². The molecule has 0 fully saturated rings.